The minimum Gasteiger partial charge on any atom is -0.416 e. The molecule has 3 N–H and O–H groups in total. The largest absolute Gasteiger partial charge is 0.416 e. The van der Waals surface area contributed by atoms with Crippen molar-refractivity contribution in [1.29, 1.82) is 0 Å². The van der Waals surface area contributed by atoms with Gasteiger partial charge >= 0.3 is 6.03 Å². The maximum Gasteiger partial charge on any atom is 0.321 e. The minimum atomic E-state index is -0.509. The smallest absolute Gasteiger partial charge is 0.321 e. The van der Waals surface area contributed by atoms with Gasteiger partial charge in [-0.3, -0.25) is 14.9 Å². The van der Waals surface area contributed by atoms with Gasteiger partial charge in [0, 0.05) is 18.2 Å². The summed E-state index contributed by atoms with van der Waals surface area (Å²) in [5, 5.41) is 15.7. The van der Waals surface area contributed by atoms with Crippen molar-refractivity contribution >= 4 is 35.3 Å². The van der Waals surface area contributed by atoms with Crippen LogP contribution in [0.3, 0.4) is 0 Å². The fraction of sp³-hybridized carbons (Fsp3) is 0.353. The van der Waals surface area contributed by atoms with Gasteiger partial charge in [-0.25, -0.2) is 4.79 Å². The molecule has 1 aromatic carbocycles. The third kappa shape index (κ3) is 5.07. The molecule has 1 aromatic heterocycles. The molecule has 2 unspecified atom stereocenters. The summed E-state index contributed by atoms with van der Waals surface area (Å²) in [5.74, 6) is -0.665. The highest BCUT2D eigenvalue weighted by Crippen LogP contribution is 2.20. The van der Waals surface area contributed by atoms with E-state index in [1.54, 1.807) is 6.92 Å². The number of nitrogens with one attached hydrogen (secondary N) is 3. The second-order valence-corrected chi connectivity index (χ2v) is 7.16. The number of urea groups is 1. The van der Waals surface area contributed by atoms with Gasteiger partial charge < -0.3 is 15.1 Å². The van der Waals surface area contributed by atoms with E-state index >= 15 is 0 Å². The van der Waals surface area contributed by atoms with Crippen LogP contribution in [0, 0.1) is 12.8 Å². The number of carbonyl (C=O) groups is 3. The number of nitrogens with zero attached hydrogens (tertiary/aromatic N) is 2. The Morgan fingerprint density at radius 3 is 2.89 bits per heavy atom. The van der Waals surface area contributed by atoms with Crippen LogP contribution < -0.4 is 16.0 Å². The van der Waals surface area contributed by atoms with E-state index in [0.29, 0.717) is 0 Å². The Balaban J connectivity index is 1.51. The van der Waals surface area contributed by atoms with Crippen LogP contribution in [0.2, 0.25) is 0 Å². The van der Waals surface area contributed by atoms with Crippen molar-refractivity contribution in [3.8, 4) is 0 Å². The first kappa shape index (κ1) is 18.9. The molecule has 0 spiro atoms. The fourth-order valence-corrected chi connectivity index (χ4v) is 3.24. The van der Waals surface area contributed by atoms with Crippen molar-refractivity contribution in [2.24, 2.45) is 5.92 Å². The molecule has 4 amide bonds. The van der Waals surface area contributed by atoms with Crippen molar-refractivity contribution in [3.05, 3.63) is 35.7 Å². The van der Waals surface area contributed by atoms with Gasteiger partial charge in [0.1, 0.15) is 0 Å². The Morgan fingerprint density at radius 2 is 2.15 bits per heavy atom. The van der Waals surface area contributed by atoms with E-state index in [4.69, 9.17) is 4.42 Å². The van der Waals surface area contributed by atoms with Gasteiger partial charge in [0.25, 0.3) is 5.22 Å². The Morgan fingerprint density at radius 1 is 1.33 bits per heavy atom. The van der Waals surface area contributed by atoms with Crippen LogP contribution in [0.25, 0.3) is 0 Å². The molecule has 0 aliphatic carbocycles. The topological polar surface area (TPSA) is 126 Å². The third-order valence-corrected chi connectivity index (χ3v) is 4.83. The summed E-state index contributed by atoms with van der Waals surface area (Å²) in [6.45, 7) is 3.69. The highest BCUT2D eigenvalue weighted by molar-refractivity contribution is 7.99. The number of amides is 4. The van der Waals surface area contributed by atoms with Gasteiger partial charge in [0.2, 0.25) is 17.7 Å². The van der Waals surface area contributed by atoms with Crippen LogP contribution in [-0.4, -0.2) is 39.8 Å². The average Bonchev–Trinajstić information content (AvgIpc) is 3.04. The maximum absolute atomic E-state index is 12.0. The number of benzene rings is 1. The molecule has 2 heterocycles. The van der Waals surface area contributed by atoms with E-state index in [9.17, 15) is 14.4 Å². The summed E-state index contributed by atoms with van der Waals surface area (Å²) in [6.07, 6.45) is 0.205. The van der Waals surface area contributed by atoms with Crippen LogP contribution in [0.4, 0.5) is 10.5 Å². The molecule has 1 aliphatic rings. The molecule has 0 radical (unpaired) electrons. The molecule has 10 heteroatoms. The molecule has 3 rings (SSSR count). The monoisotopic (exact) mass is 389 g/mol. The minimum absolute atomic E-state index is 0.117. The van der Waals surface area contributed by atoms with E-state index < -0.39 is 11.9 Å². The fourth-order valence-electron chi connectivity index (χ4n) is 2.66. The molecule has 142 valence electrons. The van der Waals surface area contributed by atoms with Crippen molar-refractivity contribution in [1.82, 2.24) is 20.8 Å². The lowest BCUT2D eigenvalue weighted by Crippen LogP contribution is -2.57. The van der Waals surface area contributed by atoms with Crippen LogP contribution in [0.15, 0.2) is 33.9 Å². The first-order chi connectivity index (χ1) is 12.9. The zero-order valence-corrected chi connectivity index (χ0v) is 15.6. The molecule has 1 aliphatic heterocycles. The predicted molar refractivity (Wildman–Crippen MR) is 98.2 cm³/mol. The second kappa shape index (κ2) is 8.21. The van der Waals surface area contributed by atoms with E-state index in [1.165, 1.54) is 0 Å². The van der Waals surface area contributed by atoms with Crippen LogP contribution >= 0.6 is 11.8 Å². The standard InChI is InChI=1S/C17H19N5O4S/c1-9-4-3-5-11(6-9)19-13(23)8-27-17-22-21-14(26-17)7-12-10(2)18-16(25)20-15(12)24/h3-6,10,12H,7-8H2,1-2H3,(H,19,23)(H2,18,20,24,25). The van der Waals surface area contributed by atoms with Gasteiger partial charge in [-0.15, -0.1) is 10.2 Å². The Labute approximate surface area is 159 Å². The average molecular weight is 389 g/mol. The number of anilines is 1. The summed E-state index contributed by atoms with van der Waals surface area (Å²) < 4.78 is 5.50. The summed E-state index contributed by atoms with van der Waals surface area (Å²) in [4.78, 5) is 35.2. The highest BCUT2D eigenvalue weighted by atomic mass is 32.2. The van der Waals surface area contributed by atoms with E-state index in [1.807, 2.05) is 31.2 Å². The number of carbonyl (C=O) groups excluding carboxylic acids is 3. The zero-order chi connectivity index (χ0) is 19.4. The first-order valence-electron chi connectivity index (χ1n) is 8.34. The SMILES string of the molecule is Cc1cccc(NC(=O)CSc2nnc(CC3C(=O)NC(=O)NC3C)o2)c1. The van der Waals surface area contributed by atoms with Gasteiger partial charge in [-0.2, -0.15) is 0 Å². The number of thioether (sulfide) groups is 1. The van der Waals surface area contributed by atoms with Crippen molar-refractivity contribution in [2.75, 3.05) is 11.1 Å². The number of imide groups is 1. The maximum atomic E-state index is 12.0. The predicted octanol–water partition coefficient (Wildman–Crippen LogP) is 1.50. The Kier molecular flexibility index (Phi) is 5.75. The van der Waals surface area contributed by atoms with Crippen LogP contribution in [0.1, 0.15) is 18.4 Å². The van der Waals surface area contributed by atoms with Crippen molar-refractivity contribution in [2.45, 2.75) is 31.5 Å². The molecule has 9 nitrogen and oxygen atoms in total. The number of rotatable bonds is 6. The molecule has 27 heavy (non-hydrogen) atoms. The van der Waals surface area contributed by atoms with Crippen LogP contribution in [-0.2, 0) is 16.0 Å². The molecule has 1 saturated heterocycles. The van der Waals surface area contributed by atoms with E-state index in [2.05, 4.69) is 26.1 Å². The summed E-state index contributed by atoms with van der Waals surface area (Å²) in [6, 6.07) is 6.66. The quantitative estimate of drug-likeness (QED) is 0.639. The Bertz CT molecular complexity index is 869. The summed E-state index contributed by atoms with van der Waals surface area (Å²) >= 11 is 1.11. The molecular formula is C17H19N5O4S. The van der Waals surface area contributed by atoms with Crippen LogP contribution in [0.5, 0.6) is 0 Å². The van der Waals surface area contributed by atoms with Crippen molar-refractivity contribution in [3.63, 3.8) is 0 Å². The van der Waals surface area contributed by atoms with Gasteiger partial charge in [-0.05, 0) is 31.5 Å². The summed E-state index contributed by atoms with van der Waals surface area (Å²) in [7, 11) is 0. The number of hydrogen-bond acceptors (Lipinski definition) is 7. The lowest BCUT2D eigenvalue weighted by molar-refractivity contribution is -0.125. The lowest BCUT2D eigenvalue weighted by Gasteiger charge is -2.27. The van der Waals surface area contributed by atoms with Gasteiger partial charge in [0.05, 0.1) is 11.7 Å². The number of hydrogen-bond donors (Lipinski definition) is 3. The molecule has 0 bridgehead atoms. The lowest BCUT2D eigenvalue weighted by atomic mass is 9.95. The van der Waals surface area contributed by atoms with Gasteiger partial charge in [-0.1, -0.05) is 23.9 Å². The zero-order valence-electron chi connectivity index (χ0n) is 14.8. The normalized spacial score (nSPS) is 19.3. The highest BCUT2D eigenvalue weighted by Gasteiger charge is 2.34. The molecule has 2 atom stereocenters. The summed E-state index contributed by atoms with van der Waals surface area (Å²) in [5.41, 5.74) is 1.78. The molecule has 2 aromatic rings. The van der Waals surface area contributed by atoms with E-state index in [0.717, 1.165) is 23.0 Å². The second-order valence-electron chi connectivity index (χ2n) is 6.23. The van der Waals surface area contributed by atoms with Crippen molar-refractivity contribution < 1.29 is 18.8 Å². The molecule has 1 fully saturated rings. The third-order valence-electron chi connectivity index (χ3n) is 4.01. The number of aromatic nitrogens is 2. The van der Waals surface area contributed by atoms with Gasteiger partial charge in [0.15, 0.2) is 0 Å². The molecular weight excluding hydrogens is 370 g/mol. The first-order valence-corrected chi connectivity index (χ1v) is 9.32. The Hall–Kier alpha value is -2.88. The number of aryl methyl sites for hydroxylation is 1. The molecule has 0 saturated carbocycles. The van der Waals surface area contributed by atoms with E-state index in [-0.39, 0.29) is 41.1 Å².